The van der Waals surface area contributed by atoms with Crippen LogP contribution in [0.5, 0.6) is 0 Å². The first kappa shape index (κ1) is 12.7. The molecule has 1 nitrogen and oxygen atoms in total. The van der Waals surface area contributed by atoms with Crippen molar-refractivity contribution in [2.75, 3.05) is 5.32 Å². The zero-order valence-electron chi connectivity index (χ0n) is 10.6. The molecule has 0 radical (unpaired) electrons. The average molecular weight is 256 g/mol. The van der Waals surface area contributed by atoms with Gasteiger partial charge >= 0.3 is 0 Å². The Balaban J connectivity index is 2.17. The molecule has 2 unspecified atom stereocenters. The fourth-order valence-corrected chi connectivity index (χ4v) is 3.13. The molecule has 0 aliphatic heterocycles. The SMILES string of the molecule is CC1CC(C)(C)CC1Nc1c(F)cccc1Cl. The third-order valence-electron chi connectivity index (χ3n) is 3.63. The van der Waals surface area contributed by atoms with Gasteiger partial charge in [0.15, 0.2) is 0 Å². The molecule has 94 valence electrons. The van der Waals surface area contributed by atoms with Gasteiger partial charge in [-0.3, -0.25) is 0 Å². The van der Waals surface area contributed by atoms with Crippen molar-refractivity contribution in [2.45, 2.75) is 39.7 Å². The van der Waals surface area contributed by atoms with E-state index in [9.17, 15) is 4.39 Å². The Morgan fingerprint density at radius 1 is 1.35 bits per heavy atom. The number of hydrogen-bond acceptors (Lipinski definition) is 1. The lowest BCUT2D eigenvalue weighted by molar-refractivity contribution is 0.366. The summed E-state index contributed by atoms with van der Waals surface area (Å²) in [5.41, 5.74) is 0.776. The molecule has 0 amide bonds. The van der Waals surface area contributed by atoms with Gasteiger partial charge in [-0.2, -0.15) is 0 Å². The van der Waals surface area contributed by atoms with Gasteiger partial charge in [-0.15, -0.1) is 0 Å². The summed E-state index contributed by atoms with van der Waals surface area (Å²) in [7, 11) is 0. The third kappa shape index (κ3) is 2.74. The quantitative estimate of drug-likeness (QED) is 0.807. The predicted octanol–water partition coefficient (Wildman–Crippen LogP) is 4.72. The van der Waals surface area contributed by atoms with Crippen LogP contribution >= 0.6 is 11.6 Å². The number of para-hydroxylation sites is 1. The van der Waals surface area contributed by atoms with Crippen molar-refractivity contribution in [3.63, 3.8) is 0 Å². The summed E-state index contributed by atoms with van der Waals surface area (Å²) in [5.74, 6) is 0.273. The molecule has 1 aliphatic rings. The molecule has 0 saturated heterocycles. The maximum Gasteiger partial charge on any atom is 0.147 e. The van der Waals surface area contributed by atoms with E-state index in [4.69, 9.17) is 11.6 Å². The average Bonchev–Trinajstić information content (AvgIpc) is 2.46. The molecule has 1 N–H and O–H groups in total. The van der Waals surface area contributed by atoms with E-state index in [0.717, 1.165) is 12.8 Å². The van der Waals surface area contributed by atoms with Crippen molar-refractivity contribution in [2.24, 2.45) is 11.3 Å². The van der Waals surface area contributed by atoms with E-state index in [2.05, 4.69) is 26.1 Å². The molecule has 0 bridgehead atoms. The van der Waals surface area contributed by atoms with Crippen LogP contribution in [0.25, 0.3) is 0 Å². The van der Waals surface area contributed by atoms with E-state index in [-0.39, 0.29) is 5.82 Å². The normalized spacial score (nSPS) is 27.1. The van der Waals surface area contributed by atoms with Crippen molar-refractivity contribution < 1.29 is 4.39 Å². The minimum absolute atomic E-state index is 0.269. The maximum absolute atomic E-state index is 13.7. The predicted molar refractivity (Wildman–Crippen MR) is 71.0 cm³/mol. The van der Waals surface area contributed by atoms with Crippen molar-refractivity contribution in [3.8, 4) is 0 Å². The number of nitrogens with one attached hydrogen (secondary N) is 1. The van der Waals surface area contributed by atoms with Gasteiger partial charge in [-0.05, 0) is 36.3 Å². The smallest absolute Gasteiger partial charge is 0.147 e. The second-order valence-electron chi connectivity index (χ2n) is 5.90. The molecule has 2 rings (SSSR count). The summed E-state index contributed by atoms with van der Waals surface area (Å²) in [6.45, 7) is 6.73. The number of benzene rings is 1. The monoisotopic (exact) mass is 255 g/mol. The molecule has 1 aromatic carbocycles. The molecule has 1 aromatic rings. The van der Waals surface area contributed by atoms with Gasteiger partial charge < -0.3 is 5.32 Å². The summed E-state index contributed by atoms with van der Waals surface area (Å²) in [6.07, 6.45) is 2.22. The van der Waals surface area contributed by atoms with Crippen LogP contribution in [0.15, 0.2) is 18.2 Å². The van der Waals surface area contributed by atoms with E-state index in [1.54, 1.807) is 12.1 Å². The number of rotatable bonds is 2. The number of anilines is 1. The Morgan fingerprint density at radius 3 is 2.59 bits per heavy atom. The van der Waals surface area contributed by atoms with Crippen LogP contribution in [0.2, 0.25) is 5.02 Å². The van der Waals surface area contributed by atoms with Crippen molar-refractivity contribution in [1.82, 2.24) is 0 Å². The summed E-state index contributed by atoms with van der Waals surface area (Å²) >= 11 is 6.02. The summed E-state index contributed by atoms with van der Waals surface area (Å²) in [5, 5.41) is 3.74. The lowest BCUT2D eigenvalue weighted by Gasteiger charge is -2.20. The van der Waals surface area contributed by atoms with Gasteiger partial charge in [0.1, 0.15) is 5.82 Å². The molecule has 17 heavy (non-hydrogen) atoms. The van der Waals surface area contributed by atoms with Gasteiger partial charge in [0.25, 0.3) is 0 Å². The van der Waals surface area contributed by atoms with Crippen LogP contribution in [0.1, 0.15) is 33.6 Å². The highest BCUT2D eigenvalue weighted by Gasteiger charge is 2.37. The molecule has 1 fully saturated rings. The molecular formula is C14H19ClFN. The summed E-state index contributed by atoms with van der Waals surface area (Å²) in [6, 6.07) is 5.10. The first-order valence-corrected chi connectivity index (χ1v) is 6.47. The Labute approximate surface area is 107 Å². The van der Waals surface area contributed by atoms with Crippen LogP contribution < -0.4 is 5.32 Å². The topological polar surface area (TPSA) is 12.0 Å². The molecule has 1 aliphatic carbocycles. The van der Waals surface area contributed by atoms with E-state index < -0.39 is 0 Å². The second kappa shape index (κ2) is 4.49. The van der Waals surface area contributed by atoms with Crippen molar-refractivity contribution in [3.05, 3.63) is 29.0 Å². The highest BCUT2D eigenvalue weighted by atomic mass is 35.5. The van der Waals surface area contributed by atoms with Crippen LogP contribution in [-0.4, -0.2) is 6.04 Å². The first-order chi connectivity index (χ1) is 7.89. The van der Waals surface area contributed by atoms with Crippen LogP contribution in [-0.2, 0) is 0 Å². The molecule has 0 spiro atoms. The number of hydrogen-bond donors (Lipinski definition) is 1. The van der Waals surface area contributed by atoms with E-state index in [1.165, 1.54) is 6.07 Å². The molecule has 3 heteroatoms. The van der Waals surface area contributed by atoms with E-state index in [0.29, 0.717) is 28.1 Å². The van der Waals surface area contributed by atoms with Crippen LogP contribution in [0, 0.1) is 17.2 Å². The Morgan fingerprint density at radius 2 is 2.06 bits per heavy atom. The Kier molecular flexibility index (Phi) is 3.35. The van der Waals surface area contributed by atoms with Crippen molar-refractivity contribution >= 4 is 17.3 Å². The van der Waals surface area contributed by atoms with Gasteiger partial charge in [0.05, 0.1) is 10.7 Å². The summed E-state index contributed by atoms with van der Waals surface area (Å²) < 4.78 is 13.7. The fraction of sp³-hybridized carbons (Fsp3) is 0.571. The second-order valence-corrected chi connectivity index (χ2v) is 6.30. The minimum Gasteiger partial charge on any atom is -0.378 e. The molecule has 1 saturated carbocycles. The zero-order valence-corrected chi connectivity index (χ0v) is 11.3. The van der Waals surface area contributed by atoms with Crippen molar-refractivity contribution in [1.29, 1.82) is 0 Å². The lowest BCUT2D eigenvalue weighted by atomic mass is 9.91. The maximum atomic E-state index is 13.7. The molecule has 0 aromatic heterocycles. The third-order valence-corrected chi connectivity index (χ3v) is 3.94. The molecule has 0 heterocycles. The van der Waals surface area contributed by atoms with Crippen LogP contribution in [0.4, 0.5) is 10.1 Å². The largest absolute Gasteiger partial charge is 0.378 e. The fourth-order valence-electron chi connectivity index (χ4n) is 2.91. The van der Waals surface area contributed by atoms with Gasteiger partial charge in [0, 0.05) is 6.04 Å². The number of halogens is 2. The van der Waals surface area contributed by atoms with E-state index >= 15 is 0 Å². The summed E-state index contributed by atoms with van der Waals surface area (Å²) in [4.78, 5) is 0. The van der Waals surface area contributed by atoms with Gasteiger partial charge in [0.2, 0.25) is 0 Å². The van der Waals surface area contributed by atoms with Gasteiger partial charge in [-0.25, -0.2) is 4.39 Å². The van der Waals surface area contributed by atoms with Gasteiger partial charge in [-0.1, -0.05) is 38.4 Å². The zero-order chi connectivity index (χ0) is 12.6. The van der Waals surface area contributed by atoms with E-state index in [1.807, 2.05) is 0 Å². The standard InChI is InChI=1S/C14H19ClFN/c1-9-7-14(2,3)8-12(9)17-13-10(15)5-4-6-11(13)16/h4-6,9,12,17H,7-8H2,1-3H3. The highest BCUT2D eigenvalue weighted by molar-refractivity contribution is 6.33. The lowest BCUT2D eigenvalue weighted by Crippen LogP contribution is -2.23. The Bertz CT molecular complexity index is 396. The Hall–Kier alpha value is -0.760. The van der Waals surface area contributed by atoms with Crippen LogP contribution in [0.3, 0.4) is 0 Å². The first-order valence-electron chi connectivity index (χ1n) is 6.09. The molecular weight excluding hydrogens is 237 g/mol. The minimum atomic E-state index is -0.269. The molecule has 2 atom stereocenters. The highest BCUT2D eigenvalue weighted by Crippen LogP contribution is 2.42.